The molecule has 2 aliphatic heterocycles. The molecule has 0 bridgehead atoms. The summed E-state index contributed by atoms with van der Waals surface area (Å²) in [5, 5.41) is 5.72. The van der Waals surface area contributed by atoms with Gasteiger partial charge in [0.2, 0.25) is 0 Å². The predicted octanol–water partition coefficient (Wildman–Crippen LogP) is 3.11. The van der Waals surface area contributed by atoms with Crippen molar-refractivity contribution in [1.82, 2.24) is 15.5 Å². The van der Waals surface area contributed by atoms with Crippen LogP contribution in [-0.2, 0) is 11.2 Å². The van der Waals surface area contributed by atoms with Crippen LogP contribution < -0.4 is 15.4 Å². The van der Waals surface area contributed by atoms with Crippen molar-refractivity contribution >= 4 is 23.7 Å². The minimum atomic E-state index is -0.423. The van der Waals surface area contributed by atoms with Crippen LogP contribution in [0.15, 0.2) is 64.7 Å². The van der Waals surface area contributed by atoms with E-state index in [0.29, 0.717) is 24.4 Å². The molecular formula is C22H23N3O3S. The summed E-state index contributed by atoms with van der Waals surface area (Å²) in [6.07, 6.45) is 2.76. The van der Waals surface area contributed by atoms with Gasteiger partial charge in [0.05, 0.1) is 31.0 Å². The fourth-order valence-electron chi connectivity index (χ4n) is 3.71. The van der Waals surface area contributed by atoms with Gasteiger partial charge >= 0.3 is 6.03 Å². The van der Waals surface area contributed by atoms with Crippen molar-refractivity contribution in [2.45, 2.75) is 17.4 Å². The minimum absolute atomic E-state index is 0.0278. The molecule has 7 heteroatoms. The maximum absolute atomic E-state index is 13.1. The quantitative estimate of drug-likeness (QED) is 0.720. The van der Waals surface area contributed by atoms with Gasteiger partial charge in [0.15, 0.2) is 0 Å². The summed E-state index contributed by atoms with van der Waals surface area (Å²) in [6, 6.07) is 15.1. The Balaban J connectivity index is 1.49. The molecule has 3 amide bonds. The first kappa shape index (κ1) is 19.4. The molecule has 0 aromatic heterocycles. The highest BCUT2D eigenvalue weighted by Gasteiger charge is 2.40. The van der Waals surface area contributed by atoms with Crippen LogP contribution in [0.4, 0.5) is 4.79 Å². The van der Waals surface area contributed by atoms with Gasteiger partial charge in [-0.25, -0.2) is 4.79 Å². The van der Waals surface area contributed by atoms with Gasteiger partial charge in [-0.2, -0.15) is 0 Å². The molecule has 2 aliphatic rings. The molecule has 29 heavy (non-hydrogen) atoms. The van der Waals surface area contributed by atoms with E-state index in [2.05, 4.69) is 10.6 Å². The summed E-state index contributed by atoms with van der Waals surface area (Å²) in [5.74, 6) is 0.784. The Hall–Kier alpha value is -2.93. The normalized spacial score (nSPS) is 18.4. The lowest BCUT2D eigenvalue weighted by molar-refractivity contribution is -0.125. The average molecular weight is 410 g/mol. The first-order valence-corrected chi connectivity index (χ1v) is 10.7. The summed E-state index contributed by atoms with van der Waals surface area (Å²) < 4.78 is 5.19. The largest absolute Gasteiger partial charge is 0.497 e. The van der Waals surface area contributed by atoms with Crippen LogP contribution >= 0.6 is 11.8 Å². The Kier molecular flexibility index (Phi) is 5.49. The van der Waals surface area contributed by atoms with Crippen molar-refractivity contribution in [3.63, 3.8) is 0 Å². The van der Waals surface area contributed by atoms with Gasteiger partial charge in [-0.3, -0.25) is 4.79 Å². The van der Waals surface area contributed by atoms with Gasteiger partial charge in [-0.05, 0) is 48.1 Å². The number of carbonyl (C=O) groups excluding carboxylic acids is 2. The van der Waals surface area contributed by atoms with E-state index in [9.17, 15) is 9.59 Å². The smallest absolute Gasteiger partial charge is 0.319 e. The second kappa shape index (κ2) is 8.21. The highest BCUT2D eigenvalue weighted by molar-refractivity contribution is 7.98. The molecule has 2 aromatic carbocycles. The van der Waals surface area contributed by atoms with Crippen LogP contribution in [-0.4, -0.2) is 43.3 Å². The van der Waals surface area contributed by atoms with Crippen LogP contribution in [0.3, 0.4) is 0 Å². The lowest BCUT2D eigenvalue weighted by Gasteiger charge is -2.25. The van der Waals surface area contributed by atoms with Crippen molar-refractivity contribution in [2.75, 3.05) is 26.5 Å². The lowest BCUT2D eigenvalue weighted by Crippen LogP contribution is -2.44. The van der Waals surface area contributed by atoms with E-state index < -0.39 is 6.04 Å². The monoisotopic (exact) mass is 409 g/mol. The summed E-state index contributed by atoms with van der Waals surface area (Å²) in [7, 11) is 1.64. The third-order valence-electron chi connectivity index (χ3n) is 5.30. The van der Waals surface area contributed by atoms with Crippen molar-refractivity contribution in [1.29, 1.82) is 0 Å². The van der Waals surface area contributed by atoms with Gasteiger partial charge in [0, 0.05) is 11.4 Å². The number of rotatable bonds is 6. The molecule has 2 N–H and O–H groups in total. The molecule has 2 aromatic rings. The fourth-order valence-corrected chi connectivity index (χ4v) is 4.12. The number of hydrogen-bond donors (Lipinski definition) is 2. The second-order valence-corrected chi connectivity index (χ2v) is 7.90. The van der Waals surface area contributed by atoms with Gasteiger partial charge < -0.3 is 20.3 Å². The molecule has 0 unspecified atom stereocenters. The van der Waals surface area contributed by atoms with E-state index in [4.69, 9.17) is 4.74 Å². The topological polar surface area (TPSA) is 70.7 Å². The van der Waals surface area contributed by atoms with Crippen LogP contribution in [0.25, 0.3) is 0 Å². The van der Waals surface area contributed by atoms with E-state index in [1.54, 1.807) is 23.8 Å². The number of amides is 3. The average Bonchev–Trinajstić information content (AvgIpc) is 3.07. The molecule has 0 saturated carbocycles. The Morgan fingerprint density at radius 1 is 1.10 bits per heavy atom. The Morgan fingerprint density at radius 2 is 1.83 bits per heavy atom. The van der Waals surface area contributed by atoms with Gasteiger partial charge in [0.25, 0.3) is 5.91 Å². The summed E-state index contributed by atoms with van der Waals surface area (Å²) in [5.41, 5.74) is 3.38. The maximum atomic E-state index is 13.1. The third kappa shape index (κ3) is 3.96. The number of ether oxygens (including phenoxy) is 1. The standard InChI is InChI=1S/C22H23N3O3S/c1-28-16-7-3-14(4-8-16)11-12-25-13-18-19(21(25)26)20(24-22(27)23-18)15-5-9-17(29-2)10-6-15/h3-10,20H,11-13H2,1-2H3,(H2,23,24,27)/t20-/m0/s1. The summed E-state index contributed by atoms with van der Waals surface area (Å²) in [6.45, 7) is 1.02. The van der Waals surface area contributed by atoms with Crippen LogP contribution in [0.1, 0.15) is 17.2 Å². The second-order valence-electron chi connectivity index (χ2n) is 7.02. The molecule has 0 fully saturated rings. The van der Waals surface area contributed by atoms with Gasteiger partial charge in [-0.1, -0.05) is 24.3 Å². The Morgan fingerprint density at radius 3 is 2.48 bits per heavy atom. The summed E-state index contributed by atoms with van der Waals surface area (Å²) in [4.78, 5) is 28.2. The van der Waals surface area contributed by atoms with E-state index in [-0.39, 0.29) is 11.9 Å². The number of methoxy groups -OCH3 is 1. The molecule has 0 spiro atoms. The predicted molar refractivity (Wildman–Crippen MR) is 113 cm³/mol. The van der Waals surface area contributed by atoms with Crippen LogP contribution in [0.5, 0.6) is 5.75 Å². The molecule has 150 valence electrons. The van der Waals surface area contributed by atoms with Crippen molar-refractivity contribution in [3.05, 3.63) is 70.9 Å². The van der Waals surface area contributed by atoms with Crippen LogP contribution in [0.2, 0.25) is 0 Å². The highest BCUT2D eigenvalue weighted by Crippen LogP contribution is 2.33. The van der Waals surface area contributed by atoms with Crippen molar-refractivity contribution < 1.29 is 14.3 Å². The van der Waals surface area contributed by atoms with E-state index >= 15 is 0 Å². The first-order chi connectivity index (χ1) is 14.1. The molecule has 0 radical (unpaired) electrons. The Bertz CT molecular complexity index is 954. The molecule has 0 saturated heterocycles. The van der Waals surface area contributed by atoms with Gasteiger partial charge in [-0.15, -0.1) is 11.8 Å². The minimum Gasteiger partial charge on any atom is -0.497 e. The number of benzene rings is 2. The van der Waals surface area contributed by atoms with Crippen molar-refractivity contribution in [2.24, 2.45) is 0 Å². The number of nitrogens with one attached hydrogen (secondary N) is 2. The van der Waals surface area contributed by atoms with Gasteiger partial charge in [0.1, 0.15) is 5.75 Å². The van der Waals surface area contributed by atoms with E-state index in [1.165, 1.54) is 0 Å². The molecule has 4 rings (SSSR count). The molecule has 2 heterocycles. The zero-order valence-electron chi connectivity index (χ0n) is 16.4. The molecule has 6 nitrogen and oxygen atoms in total. The fraction of sp³-hybridized carbons (Fsp3) is 0.273. The van der Waals surface area contributed by atoms with E-state index in [1.807, 2.05) is 54.8 Å². The number of hydrogen-bond acceptors (Lipinski definition) is 4. The highest BCUT2D eigenvalue weighted by atomic mass is 32.2. The molecule has 0 aliphatic carbocycles. The SMILES string of the molecule is COc1ccc(CCN2CC3=C(C2=O)[C@H](c2ccc(SC)cc2)NC(=O)N3)cc1. The number of urea groups is 1. The zero-order chi connectivity index (χ0) is 20.4. The Labute approximate surface area is 174 Å². The molecular weight excluding hydrogens is 386 g/mol. The maximum Gasteiger partial charge on any atom is 0.319 e. The number of carbonyl (C=O) groups is 2. The van der Waals surface area contributed by atoms with Crippen LogP contribution in [0, 0.1) is 0 Å². The molecule has 1 atom stereocenters. The zero-order valence-corrected chi connectivity index (χ0v) is 17.2. The number of thioether (sulfide) groups is 1. The van der Waals surface area contributed by atoms with Crippen molar-refractivity contribution in [3.8, 4) is 5.75 Å². The first-order valence-electron chi connectivity index (χ1n) is 9.45. The van der Waals surface area contributed by atoms with E-state index in [0.717, 1.165) is 28.2 Å². The lowest BCUT2D eigenvalue weighted by atomic mass is 9.96. The number of nitrogens with zero attached hydrogens (tertiary/aromatic N) is 1. The third-order valence-corrected chi connectivity index (χ3v) is 6.04. The summed E-state index contributed by atoms with van der Waals surface area (Å²) >= 11 is 1.66.